The van der Waals surface area contributed by atoms with Crippen LogP contribution < -0.4 is 0 Å². The topological polar surface area (TPSA) is 50.9 Å². The molecule has 0 amide bonds. The molecular formula is C9H11N3OS. The van der Waals surface area contributed by atoms with E-state index in [1.807, 2.05) is 20.2 Å². The third-order valence-corrected chi connectivity index (χ3v) is 2.98. The van der Waals surface area contributed by atoms with Gasteiger partial charge in [0, 0.05) is 25.6 Å². The second-order valence-electron chi connectivity index (χ2n) is 3.08. The van der Waals surface area contributed by atoms with Crippen molar-refractivity contribution in [3.63, 3.8) is 0 Å². The molecule has 2 aromatic heterocycles. The predicted molar refractivity (Wildman–Crippen MR) is 54.1 cm³/mol. The predicted octanol–water partition coefficient (Wildman–Crippen LogP) is 1.27. The maximum Gasteiger partial charge on any atom is 0.147 e. The number of hydrogen-bond donors (Lipinski definition) is 1. The van der Waals surface area contributed by atoms with Gasteiger partial charge in [0.2, 0.25) is 0 Å². The van der Waals surface area contributed by atoms with Crippen LogP contribution in [0.4, 0.5) is 0 Å². The molecule has 14 heavy (non-hydrogen) atoms. The van der Waals surface area contributed by atoms with E-state index in [2.05, 4.69) is 9.97 Å². The van der Waals surface area contributed by atoms with Crippen molar-refractivity contribution in [2.75, 3.05) is 0 Å². The molecule has 0 spiro atoms. The van der Waals surface area contributed by atoms with Crippen LogP contribution in [0.5, 0.6) is 0 Å². The summed E-state index contributed by atoms with van der Waals surface area (Å²) < 4.78 is 1.81. The molecule has 2 rings (SSSR count). The number of aliphatic hydroxyl groups excluding tert-OH is 1. The summed E-state index contributed by atoms with van der Waals surface area (Å²) in [5, 5.41) is 10.9. The van der Waals surface area contributed by atoms with Crippen molar-refractivity contribution in [3.8, 4) is 0 Å². The van der Waals surface area contributed by atoms with Crippen LogP contribution in [0.25, 0.3) is 0 Å². The molecular weight excluding hydrogens is 198 g/mol. The molecule has 0 bridgehead atoms. The largest absolute Gasteiger partial charge is 0.379 e. The highest BCUT2D eigenvalue weighted by Gasteiger charge is 2.16. The molecule has 1 unspecified atom stereocenters. The smallest absolute Gasteiger partial charge is 0.147 e. The van der Waals surface area contributed by atoms with Crippen molar-refractivity contribution in [2.24, 2.45) is 7.05 Å². The Morgan fingerprint density at radius 2 is 2.29 bits per heavy atom. The first kappa shape index (κ1) is 9.36. The summed E-state index contributed by atoms with van der Waals surface area (Å²) in [5.74, 6) is 0.647. The standard InChI is InChI=1S/C9H11N3OS/c1-6-11-5-7(14-6)8(13)9-10-3-4-12(9)2/h3-5,8,13H,1-2H3. The number of aromatic nitrogens is 3. The van der Waals surface area contributed by atoms with E-state index < -0.39 is 6.10 Å². The molecule has 0 radical (unpaired) electrons. The number of aliphatic hydroxyl groups is 1. The Morgan fingerprint density at radius 1 is 1.50 bits per heavy atom. The fraction of sp³-hybridized carbons (Fsp3) is 0.333. The van der Waals surface area contributed by atoms with Crippen LogP contribution >= 0.6 is 11.3 Å². The van der Waals surface area contributed by atoms with E-state index in [-0.39, 0.29) is 0 Å². The van der Waals surface area contributed by atoms with E-state index in [9.17, 15) is 5.11 Å². The van der Waals surface area contributed by atoms with Crippen molar-refractivity contribution in [3.05, 3.63) is 34.3 Å². The van der Waals surface area contributed by atoms with Gasteiger partial charge in [0.1, 0.15) is 11.9 Å². The van der Waals surface area contributed by atoms with E-state index in [0.29, 0.717) is 5.82 Å². The van der Waals surface area contributed by atoms with Crippen LogP contribution in [-0.2, 0) is 7.05 Å². The highest BCUT2D eigenvalue weighted by atomic mass is 32.1. The van der Waals surface area contributed by atoms with E-state index in [0.717, 1.165) is 9.88 Å². The second-order valence-corrected chi connectivity index (χ2v) is 4.35. The number of thiazole rings is 1. The maximum absolute atomic E-state index is 9.96. The minimum Gasteiger partial charge on any atom is -0.379 e. The van der Waals surface area contributed by atoms with Gasteiger partial charge in [-0.15, -0.1) is 11.3 Å². The van der Waals surface area contributed by atoms with Crippen molar-refractivity contribution in [1.29, 1.82) is 0 Å². The van der Waals surface area contributed by atoms with Crippen LogP contribution in [0.2, 0.25) is 0 Å². The molecule has 0 fully saturated rings. The zero-order valence-corrected chi connectivity index (χ0v) is 8.82. The highest BCUT2D eigenvalue weighted by molar-refractivity contribution is 7.11. The van der Waals surface area contributed by atoms with Gasteiger partial charge in [0.05, 0.1) is 9.88 Å². The molecule has 0 aliphatic rings. The van der Waals surface area contributed by atoms with Crippen molar-refractivity contribution in [2.45, 2.75) is 13.0 Å². The lowest BCUT2D eigenvalue weighted by atomic mass is 10.3. The lowest BCUT2D eigenvalue weighted by molar-refractivity contribution is 0.210. The minimum absolute atomic E-state index is 0.647. The van der Waals surface area contributed by atoms with E-state index in [4.69, 9.17) is 0 Å². The molecule has 1 atom stereocenters. The van der Waals surface area contributed by atoms with Crippen molar-refractivity contribution >= 4 is 11.3 Å². The maximum atomic E-state index is 9.96. The van der Waals surface area contributed by atoms with Crippen LogP contribution in [0.3, 0.4) is 0 Å². The Kier molecular flexibility index (Phi) is 2.35. The molecule has 2 aromatic rings. The van der Waals surface area contributed by atoms with E-state index in [1.54, 1.807) is 17.0 Å². The monoisotopic (exact) mass is 209 g/mol. The fourth-order valence-corrected chi connectivity index (χ4v) is 2.04. The third kappa shape index (κ3) is 1.56. The first-order chi connectivity index (χ1) is 6.68. The van der Waals surface area contributed by atoms with Gasteiger partial charge in [-0.1, -0.05) is 0 Å². The van der Waals surface area contributed by atoms with Crippen LogP contribution in [0.1, 0.15) is 21.8 Å². The molecule has 0 aliphatic carbocycles. The summed E-state index contributed by atoms with van der Waals surface area (Å²) in [6.45, 7) is 1.92. The average molecular weight is 209 g/mol. The Morgan fingerprint density at radius 3 is 2.79 bits per heavy atom. The Hall–Kier alpha value is -1.20. The van der Waals surface area contributed by atoms with Crippen LogP contribution in [0.15, 0.2) is 18.6 Å². The van der Waals surface area contributed by atoms with Crippen LogP contribution in [0, 0.1) is 6.92 Å². The van der Waals surface area contributed by atoms with Gasteiger partial charge in [-0.3, -0.25) is 0 Å². The zero-order valence-electron chi connectivity index (χ0n) is 8.01. The molecule has 0 saturated heterocycles. The molecule has 0 aliphatic heterocycles. The molecule has 2 heterocycles. The lowest BCUT2D eigenvalue weighted by Crippen LogP contribution is -2.05. The number of aryl methyl sites for hydroxylation is 2. The summed E-state index contributed by atoms with van der Waals surface area (Å²) >= 11 is 1.49. The normalized spacial score (nSPS) is 13.1. The van der Waals surface area contributed by atoms with Crippen molar-refractivity contribution in [1.82, 2.24) is 14.5 Å². The van der Waals surface area contributed by atoms with Crippen LogP contribution in [-0.4, -0.2) is 19.6 Å². The molecule has 74 valence electrons. The fourth-order valence-electron chi connectivity index (χ4n) is 1.27. The summed E-state index contributed by atoms with van der Waals surface area (Å²) in [4.78, 5) is 9.02. The number of hydrogen-bond acceptors (Lipinski definition) is 4. The van der Waals surface area contributed by atoms with E-state index >= 15 is 0 Å². The van der Waals surface area contributed by atoms with Gasteiger partial charge in [0.25, 0.3) is 0 Å². The quantitative estimate of drug-likeness (QED) is 0.810. The van der Waals surface area contributed by atoms with Gasteiger partial charge >= 0.3 is 0 Å². The van der Waals surface area contributed by atoms with Gasteiger partial charge in [-0.2, -0.15) is 0 Å². The highest BCUT2D eigenvalue weighted by Crippen LogP contribution is 2.24. The average Bonchev–Trinajstić information content (AvgIpc) is 2.73. The molecule has 1 N–H and O–H groups in total. The first-order valence-electron chi connectivity index (χ1n) is 4.26. The Balaban J connectivity index is 2.33. The van der Waals surface area contributed by atoms with Crippen molar-refractivity contribution < 1.29 is 5.11 Å². The molecule has 0 aromatic carbocycles. The van der Waals surface area contributed by atoms with Gasteiger partial charge in [-0.05, 0) is 6.92 Å². The number of nitrogens with zero attached hydrogens (tertiary/aromatic N) is 3. The Bertz CT molecular complexity index is 435. The molecule has 0 saturated carbocycles. The second kappa shape index (κ2) is 3.51. The summed E-state index contributed by atoms with van der Waals surface area (Å²) in [7, 11) is 1.86. The van der Waals surface area contributed by atoms with E-state index in [1.165, 1.54) is 11.3 Å². The molecule has 5 heteroatoms. The zero-order chi connectivity index (χ0) is 10.1. The molecule has 4 nitrogen and oxygen atoms in total. The lowest BCUT2D eigenvalue weighted by Gasteiger charge is -2.07. The summed E-state index contributed by atoms with van der Waals surface area (Å²) in [6.07, 6.45) is 4.51. The number of imidazole rings is 1. The summed E-state index contributed by atoms with van der Waals surface area (Å²) in [6, 6.07) is 0. The Labute approximate surface area is 85.9 Å². The van der Waals surface area contributed by atoms with Gasteiger partial charge in [-0.25, -0.2) is 9.97 Å². The first-order valence-corrected chi connectivity index (χ1v) is 5.07. The van der Waals surface area contributed by atoms with Gasteiger partial charge < -0.3 is 9.67 Å². The third-order valence-electron chi connectivity index (χ3n) is 2.01. The SMILES string of the molecule is Cc1ncc(C(O)c2nccn2C)s1. The van der Waals surface area contributed by atoms with Gasteiger partial charge in [0.15, 0.2) is 0 Å². The summed E-state index contributed by atoms with van der Waals surface area (Å²) in [5.41, 5.74) is 0. The minimum atomic E-state index is -0.666. The number of rotatable bonds is 2.